The Morgan fingerprint density at radius 2 is 2.10 bits per heavy atom. The van der Waals surface area contributed by atoms with Crippen molar-refractivity contribution in [1.29, 1.82) is 5.26 Å². The van der Waals surface area contributed by atoms with E-state index in [9.17, 15) is 5.26 Å². The van der Waals surface area contributed by atoms with Crippen LogP contribution in [-0.2, 0) is 0 Å². The molecule has 2 heterocycles. The number of aromatic nitrogens is 2. The Morgan fingerprint density at radius 3 is 2.90 bits per heavy atom. The first-order chi connectivity index (χ1) is 10.3. The molecule has 102 valence electrons. The zero-order valence-corrected chi connectivity index (χ0v) is 12.0. The number of nitriles is 1. The summed E-state index contributed by atoms with van der Waals surface area (Å²) in [5.74, 6) is 1.21. The largest absolute Gasteiger partial charge is 0.315 e. The second-order valence-electron chi connectivity index (χ2n) is 5.17. The van der Waals surface area contributed by atoms with E-state index in [1.54, 1.807) is 11.3 Å². The van der Waals surface area contributed by atoms with Crippen LogP contribution in [0.4, 0.5) is 10.9 Å². The molecule has 0 radical (unpaired) electrons. The van der Waals surface area contributed by atoms with Crippen molar-refractivity contribution in [1.82, 2.24) is 9.97 Å². The number of nitrogens with one attached hydrogen (secondary N) is 1. The van der Waals surface area contributed by atoms with Crippen LogP contribution in [0.1, 0.15) is 30.0 Å². The molecule has 1 fully saturated rings. The molecule has 1 aliphatic rings. The van der Waals surface area contributed by atoms with E-state index in [0.717, 1.165) is 21.7 Å². The second kappa shape index (κ2) is 4.83. The lowest BCUT2D eigenvalue weighted by atomic mass is 10.1. The lowest BCUT2D eigenvalue weighted by Crippen LogP contribution is -1.97. The van der Waals surface area contributed by atoms with Gasteiger partial charge < -0.3 is 5.32 Å². The first-order valence-electron chi connectivity index (χ1n) is 6.86. The summed E-state index contributed by atoms with van der Waals surface area (Å²) < 4.78 is 0. The predicted molar refractivity (Wildman–Crippen MR) is 83.8 cm³/mol. The molecule has 1 aromatic carbocycles. The third-order valence-electron chi connectivity index (χ3n) is 3.59. The summed E-state index contributed by atoms with van der Waals surface area (Å²) in [7, 11) is 0. The third kappa shape index (κ3) is 2.34. The molecule has 0 bridgehead atoms. The van der Waals surface area contributed by atoms with Gasteiger partial charge in [0.05, 0.1) is 16.8 Å². The van der Waals surface area contributed by atoms with Gasteiger partial charge in [-0.2, -0.15) is 5.26 Å². The Morgan fingerprint density at radius 1 is 1.24 bits per heavy atom. The van der Waals surface area contributed by atoms with Crippen molar-refractivity contribution >= 4 is 33.2 Å². The van der Waals surface area contributed by atoms with Crippen molar-refractivity contribution in [3.63, 3.8) is 0 Å². The molecule has 1 N–H and O–H groups in total. The molecule has 0 saturated heterocycles. The third-order valence-corrected chi connectivity index (χ3v) is 4.36. The second-order valence-corrected chi connectivity index (χ2v) is 6.02. The van der Waals surface area contributed by atoms with Gasteiger partial charge in [0.15, 0.2) is 10.9 Å². The summed E-state index contributed by atoms with van der Waals surface area (Å²) in [5.41, 5.74) is 2.57. The first kappa shape index (κ1) is 12.3. The zero-order valence-electron chi connectivity index (χ0n) is 11.2. The average molecular weight is 292 g/mol. The van der Waals surface area contributed by atoms with Crippen LogP contribution in [0.25, 0.3) is 10.9 Å². The molecule has 0 unspecified atom stereocenters. The number of hydrogen-bond acceptors (Lipinski definition) is 5. The van der Waals surface area contributed by atoms with E-state index in [0.29, 0.717) is 17.3 Å². The minimum Gasteiger partial charge on any atom is -0.315 e. The molecule has 3 aromatic rings. The normalized spacial score (nSPS) is 14.0. The van der Waals surface area contributed by atoms with Crippen LogP contribution in [0.15, 0.2) is 35.7 Å². The van der Waals surface area contributed by atoms with Gasteiger partial charge in [-0.05, 0) is 25.0 Å². The molecule has 2 aromatic heterocycles. The molecule has 4 rings (SSSR count). The van der Waals surface area contributed by atoms with Crippen molar-refractivity contribution in [3.05, 3.63) is 47.0 Å². The summed E-state index contributed by atoms with van der Waals surface area (Å²) in [5, 5.41) is 16.4. The van der Waals surface area contributed by atoms with Crippen LogP contribution in [0.5, 0.6) is 0 Å². The highest BCUT2D eigenvalue weighted by molar-refractivity contribution is 7.13. The Kier molecular flexibility index (Phi) is 2.83. The maximum Gasteiger partial charge on any atom is 0.188 e. The quantitative estimate of drug-likeness (QED) is 0.786. The lowest BCUT2D eigenvalue weighted by Gasteiger charge is -2.06. The summed E-state index contributed by atoms with van der Waals surface area (Å²) in [4.78, 5) is 9.13. The van der Waals surface area contributed by atoms with Gasteiger partial charge in [-0.15, -0.1) is 11.3 Å². The van der Waals surface area contributed by atoms with Crippen LogP contribution in [-0.4, -0.2) is 9.97 Å². The fraction of sp³-hybridized carbons (Fsp3) is 0.188. The Hall–Kier alpha value is -2.45. The summed E-state index contributed by atoms with van der Waals surface area (Å²) in [6, 6.07) is 11.9. The fourth-order valence-electron chi connectivity index (χ4n) is 2.31. The van der Waals surface area contributed by atoms with E-state index in [4.69, 9.17) is 0 Å². The minimum absolute atomic E-state index is 0.539. The van der Waals surface area contributed by atoms with Gasteiger partial charge in [0.1, 0.15) is 6.07 Å². The summed E-state index contributed by atoms with van der Waals surface area (Å²) in [6.45, 7) is 0. The number of benzene rings is 1. The number of para-hydroxylation sites is 1. The zero-order chi connectivity index (χ0) is 14.2. The van der Waals surface area contributed by atoms with E-state index in [-0.39, 0.29) is 0 Å². The number of rotatable bonds is 3. The Bertz CT molecular complexity index is 858. The van der Waals surface area contributed by atoms with E-state index in [2.05, 4.69) is 26.7 Å². The van der Waals surface area contributed by atoms with Gasteiger partial charge in [0.25, 0.3) is 0 Å². The molecular formula is C16H12N4S. The molecule has 1 saturated carbocycles. The van der Waals surface area contributed by atoms with E-state index >= 15 is 0 Å². The first-order valence-corrected chi connectivity index (χ1v) is 7.74. The van der Waals surface area contributed by atoms with Gasteiger partial charge in [0, 0.05) is 16.7 Å². The molecule has 21 heavy (non-hydrogen) atoms. The van der Waals surface area contributed by atoms with Gasteiger partial charge in [0.2, 0.25) is 0 Å². The highest BCUT2D eigenvalue weighted by Gasteiger charge is 2.26. The predicted octanol–water partition coefficient (Wildman–Crippen LogP) is 4.18. The Labute approximate surface area is 126 Å². The topological polar surface area (TPSA) is 61.6 Å². The highest BCUT2D eigenvalue weighted by atomic mass is 32.1. The standard InChI is InChI=1S/C16H12N4S/c17-8-12-7-11-3-1-2-4-13(11)18-15(12)20-16-19-14(9-21-16)10-5-6-10/h1-4,7,9-10H,5-6H2,(H,18,19,20). The Balaban J connectivity index is 1.72. The van der Waals surface area contributed by atoms with Crippen LogP contribution in [0.2, 0.25) is 0 Å². The summed E-state index contributed by atoms with van der Waals surface area (Å²) >= 11 is 1.57. The molecule has 0 atom stereocenters. The van der Waals surface area contributed by atoms with Crippen molar-refractivity contribution in [2.75, 3.05) is 5.32 Å². The number of nitrogens with zero attached hydrogens (tertiary/aromatic N) is 3. The van der Waals surface area contributed by atoms with E-state index in [1.165, 1.54) is 12.8 Å². The fourth-order valence-corrected chi connectivity index (χ4v) is 3.10. The van der Waals surface area contributed by atoms with Crippen molar-refractivity contribution in [2.24, 2.45) is 0 Å². The van der Waals surface area contributed by atoms with Crippen LogP contribution < -0.4 is 5.32 Å². The van der Waals surface area contributed by atoms with Gasteiger partial charge in [-0.3, -0.25) is 0 Å². The van der Waals surface area contributed by atoms with E-state index < -0.39 is 0 Å². The van der Waals surface area contributed by atoms with Crippen LogP contribution >= 0.6 is 11.3 Å². The van der Waals surface area contributed by atoms with Crippen molar-refractivity contribution in [2.45, 2.75) is 18.8 Å². The molecular weight excluding hydrogens is 280 g/mol. The molecule has 4 nitrogen and oxygen atoms in total. The average Bonchev–Trinajstić information content (AvgIpc) is 3.27. The SMILES string of the molecule is N#Cc1cc2ccccc2nc1Nc1nc(C2CC2)cs1. The van der Waals surface area contributed by atoms with Gasteiger partial charge in [-0.1, -0.05) is 18.2 Å². The molecule has 0 spiro atoms. The van der Waals surface area contributed by atoms with Crippen molar-refractivity contribution < 1.29 is 0 Å². The van der Waals surface area contributed by atoms with Gasteiger partial charge >= 0.3 is 0 Å². The van der Waals surface area contributed by atoms with Crippen LogP contribution in [0, 0.1) is 11.3 Å². The molecule has 5 heteroatoms. The molecule has 0 amide bonds. The minimum atomic E-state index is 0.539. The number of hydrogen-bond donors (Lipinski definition) is 1. The molecule has 1 aliphatic carbocycles. The number of fused-ring (bicyclic) bond motifs is 1. The number of thiazole rings is 1. The number of anilines is 2. The monoisotopic (exact) mass is 292 g/mol. The van der Waals surface area contributed by atoms with Crippen LogP contribution in [0.3, 0.4) is 0 Å². The highest BCUT2D eigenvalue weighted by Crippen LogP contribution is 2.41. The van der Waals surface area contributed by atoms with E-state index in [1.807, 2.05) is 30.3 Å². The summed E-state index contributed by atoms with van der Waals surface area (Å²) in [6.07, 6.45) is 2.47. The van der Waals surface area contributed by atoms with Crippen molar-refractivity contribution in [3.8, 4) is 6.07 Å². The number of pyridine rings is 1. The molecule has 0 aliphatic heterocycles. The smallest absolute Gasteiger partial charge is 0.188 e. The van der Waals surface area contributed by atoms with Gasteiger partial charge in [-0.25, -0.2) is 9.97 Å². The lowest BCUT2D eigenvalue weighted by molar-refractivity contribution is 1.05. The maximum atomic E-state index is 9.31. The maximum absolute atomic E-state index is 9.31.